The first kappa shape index (κ1) is 55.3. The van der Waals surface area contributed by atoms with E-state index in [2.05, 4.69) is 43.5 Å². The van der Waals surface area contributed by atoms with Crippen LogP contribution in [0.2, 0.25) is 0 Å². The lowest BCUT2D eigenvalue weighted by atomic mass is 10.0. The first-order valence-corrected chi connectivity index (χ1v) is 25.1. The average molecular weight is 804 g/mol. The van der Waals surface area contributed by atoms with E-state index >= 15 is 0 Å². The van der Waals surface area contributed by atoms with Crippen molar-refractivity contribution in [2.75, 3.05) is 13.2 Å². The SMILES string of the molecule is CCCC/C=C\CCCCCCCC(=O)OCCCCCC/C=C\CCCC(=O)NC(CO)C(O)CCCCCCCCCCCCCCCCCCCCCC. The molecule has 0 bridgehead atoms. The van der Waals surface area contributed by atoms with Gasteiger partial charge in [-0.3, -0.25) is 9.59 Å². The second-order valence-corrected chi connectivity index (χ2v) is 17.1. The molecule has 6 heteroatoms. The van der Waals surface area contributed by atoms with Crippen molar-refractivity contribution >= 4 is 11.9 Å². The van der Waals surface area contributed by atoms with E-state index in [1.165, 1.54) is 161 Å². The molecule has 1 amide bonds. The molecule has 2 unspecified atom stereocenters. The van der Waals surface area contributed by atoms with Gasteiger partial charge in [-0.2, -0.15) is 0 Å². The molecule has 0 saturated heterocycles. The highest BCUT2D eigenvalue weighted by Crippen LogP contribution is 2.16. The van der Waals surface area contributed by atoms with Crippen molar-refractivity contribution in [2.45, 2.75) is 276 Å². The van der Waals surface area contributed by atoms with Crippen LogP contribution in [0, 0.1) is 0 Å². The van der Waals surface area contributed by atoms with E-state index in [-0.39, 0.29) is 18.5 Å². The summed E-state index contributed by atoms with van der Waals surface area (Å²) in [4.78, 5) is 24.4. The van der Waals surface area contributed by atoms with E-state index in [0.717, 1.165) is 70.6 Å². The summed E-state index contributed by atoms with van der Waals surface area (Å²) in [6.45, 7) is 4.82. The van der Waals surface area contributed by atoms with Crippen LogP contribution in [0.5, 0.6) is 0 Å². The lowest BCUT2D eigenvalue weighted by molar-refractivity contribution is -0.143. The van der Waals surface area contributed by atoms with E-state index in [0.29, 0.717) is 25.9 Å². The van der Waals surface area contributed by atoms with Crippen LogP contribution < -0.4 is 5.32 Å². The third-order valence-electron chi connectivity index (χ3n) is 11.5. The molecule has 0 aliphatic heterocycles. The molecule has 0 aromatic heterocycles. The van der Waals surface area contributed by atoms with Gasteiger partial charge in [0.25, 0.3) is 0 Å². The number of nitrogens with one attached hydrogen (secondary N) is 1. The van der Waals surface area contributed by atoms with Gasteiger partial charge in [-0.05, 0) is 64.2 Å². The van der Waals surface area contributed by atoms with E-state index in [1.54, 1.807) is 0 Å². The minimum Gasteiger partial charge on any atom is -0.466 e. The monoisotopic (exact) mass is 804 g/mol. The Kier molecular flexibility index (Phi) is 45.7. The largest absolute Gasteiger partial charge is 0.466 e. The molecule has 0 saturated carbocycles. The number of esters is 1. The number of aliphatic hydroxyl groups is 2. The van der Waals surface area contributed by atoms with Crippen molar-refractivity contribution in [1.82, 2.24) is 5.32 Å². The lowest BCUT2D eigenvalue weighted by Crippen LogP contribution is -2.45. The van der Waals surface area contributed by atoms with Crippen molar-refractivity contribution in [3.63, 3.8) is 0 Å². The van der Waals surface area contributed by atoms with Crippen LogP contribution >= 0.6 is 0 Å². The summed E-state index contributed by atoms with van der Waals surface area (Å²) in [6, 6.07) is -0.579. The molecule has 0 heterocycles. The first-order chi connectivity index (χ1) is 28.0. The zero-order valence-electron chi connectivity index (χ0n) is 38.1. The number of carbonyl (C=O) groups is 2. The van der Waals surface area contributed by atoms with Gasteiger partial charge in [-0.15, -0.1) is 0 Å². The van der Waals surface area contributed by atoms with Gasteiger partial charge < -0.3 is 20.3 Å². The molecule has 0 aromatic carbocycles. The van der Waals surface area contributed by atoms with Crippen molar-refractivity contribution < 1.29 is 24.5 Å². The van der Waals surface area contributed by atoms with Crippen LogP contribution in [0.1, 0.15) is 264 Å². The van der Waals surface area contributed by atoms with Crippen LogP contribution in [-0.4, -0.2) is 47.4 Å². The number of hydrogen-bond acceptors (Lipinski definition) is 5. The van der Waals surface area contributed by atoms with Gasteiger partial charge in [0, 0.05) is 12.8 Å². The summed E-state index contributed by atoms with van der Waals surface area (Å²) in [5.74, 6) is -0.142. The van der Waals surface area contributed by atoms with Crippen LogP contribution in [0.15, 0.2) is 24.3 Å². The fourth-order valence-electron chi connectivity index (χ4n) is 7.56. The second-order valence-electron chi connectivity index (χ2n) is 17.1. The summed E-state index contributed by atoms with van der Waals surface area (Å²) in [5.41, 5.74) is 0. The number of aliphatic hydroxyl groups excluding tert-OH is 2. The second kappa shape index (κ2) is 47.0. The van der Waals surface area contributed by atoms with Crippen molar-refractivity contribution in [3.05, 3.63) is 24.3 Å². The maximum absolute atomic E-state index is 12.4. The minimum atomic E-state index is -0.695. The van der Waals surface area contributed by atoms with Gasteiger partial charge in [-0.25, -0.2) is 0 Å². The summed E-state index contributed by atoms with van der Waals surface area (Å²) in [6.07, 6.45) is 54.4. The van der Waals surface area contributed by atoms with E-state index in [4.69, 9.17) is 4.74 Å². The number of allylic oxidation sites excluding steroid dienone is 4. The Labute approximate surface area is 354 Å². The van der Waals surface area contributed by atoms with Gasteiger partial charge in [0.05, 0.1) is 25.4 Å². The zero-order valence-corrected chi connectivity index (χ0v) is 38.1. The Morgan fingerprint density at radius 2 is 0.860 bits per heavy atom. The van der Waals surface area contributed by atoms with E-state index in [1.807, 2.05) is 0 Å². The molecule has 57 heavy (non-hydrogen) atoms. The number of amides is 1. The van der Waals surface area contributed by atoms with Crippen molar-refractivity contribution in [1.29, 1.82) is 0 Å². The first-order valence-electron chi connectivity index (χ1n) is 25.1. The summed E-state index contributed by atoms with van der Waals surface area (Å²) in [5, 5.41) is 23.2. The Morgan fingerprint density at radius 3 is 1.33 bits per heavy atom. The fourth-order valence-corrected chi connectivity index (χ4v) is 7.56. The van der Waals surface area contributed by atoms with Gasteiger partial charge in [0.15, 0.2) is 0 Å². The smallest absolute Gasteiger partial charge is 0.305 e. The van der Waals surface area contributed by atoms with Crippen molar-refractivity contribution in [3.8, 4) is 0 Å². The van der Waals surface area contributed by atoms with Crippen LogP contribution in [0.3, 0.4) is 0 Å². The Hall–Kier alpha value is -1.66. The molecule has 0 radical (unpaired) electrons. The highest BCUT2D eigenvalue weighted by molar-refractivity contribution is 5.76. The molecule has 0 aromatic rings. The molecule has 336 valence electrons. The average Bonchev–Trinajstić information content (AvgIpc) is 3.21. The summed E-state index contributed by atoms with van der Waals surface area (Å²) < 4.78 is 5.41. The molecule has 0 aliphatic rings. The number of unbranched alkanes of at least 4 members (excludes halogenated alkanes) is 31. The quantitative estimate of drug-likeness (QED) is 0.0324. The van der Waals surface area contributed by atoms with E-state index < -0.39 is 12.1 Å². The number of ether oxygens (including phenoxy) is 1. The molecular weight excluding hydrogens is 707 g/mol. The molecule has 0 aliphatic carbocycles. The van der Waals surface area contributed by atoms with Crippen LogP contribution in [0.25, 0.3) is 0 Å². The highest BCUT2D eigenvalue weighted by Gasteiger charge is 2.20. The van der Waals surface area contributed by atoms with Crippen molar-refractivity contribution in [2.24, 2.45) is 0 Å². The standard InChI is InChI=1S/C51H97NO5/c1-3-5-7-9-11-13-15-16-17-18-19-20-21-22-23-25-27-31-35-39-43-49(54)48(47-53)52-50(55)44-40-36-32-28-26-30-34-38-42-46-57-51(56)45-41-37-33-29-24-14-12-10-8-6-4-2/h10,12,28,32,48-49,53-54H,3-9,11,13-27,29-31,33-47H2,1-2H3,(H,52,55)/b12-10-,32-28-. The summed E-state index contributed by atoms with van der Waals surface area (Å²) >= 11 is 0. The van der Waals surface area contributed by atoms with Gasteiger partial charge in [0.1, 0.15) is 0 Å². The lowest BCUT2D eigenvalue weighted by Gasteiger charge is -2.22. The molecule has 6 nitrogen and oxygen atoms in total. The molecule has 2 atom stereocenters. The Bertz CT molecular complexity index is 889. The molecular formula is C51H97NO5. The molecule has 3 N–H and O–H groups in total. The molecule has 0 spiro atoms. The number of hydrogen-bond donors (Lipinski definition) is 3. The predicted molar refractivity (Wildman–Crippen MR) is 246 cm³/mol. The third-order valence-corrected chi connectivity index (χ3v) is 11.5. The Balaban J connectivity index is 3.55. The predicted octanol–water partition coefficient (Wildman–Crippen LogP) is 14.7. The van der Waals surface area contributed by atoms with Gasteiger partial charge in [0.2, 0.25) is 5.91 Å². The molecule has 0 fully saturated rings. The maximum atomic E-state index is 12.4. The number of rotatable bonds is 46. The maximum Gasteiger partial charge on any atom is 0.305 e. The Morgan fingerprint density at radius 1 is 0.474 bits per heavy atom. The topological polar surface area (TPSA) is 95.9 Å². The van der Waals surface area contributed by atoms with Gasteiger partial charge >= 0.3 is 5.97 Å². The van der Waals surface area contributed by atoms with Gasteiger partial charge in [-0.1, -0.05) is 212 Å². The third kappa shape index (κ3) is 43.7. The molecule has 0 rings (SSSR count). The number of carbonyl (C=O) groups excluding carboxylic acids is 2. The zero-order chi connectivity index (χ0) is 41.5. The highest BCUT2D eigenvalue weighted by atomic mass is 16.5. The fraction of sp³-hybridized carbons (Fsp3) is 0.882. The normalized spacial score (nSPS) is 12.8. The minimum absolute atomic E-state index is 0.0466. The van der Waals surface area contributed by atoms with E-state index in [9.17, 15) is 19.8 Å². The van der Waals surface area contributed by atoms with Crippen LogP contribution in [-0.2, 0) is 14.3 Å². The summed E-state index contributed by atoms with van der Waals surface area (Å²) in [7, 11) is 0. The van der Waals surface area contributed by atoms with Crippen LogP contribution in [0.4, 0.5) is 0 Å².